The number of anilines is 2. The summed E-state index contributed by atoms with van der Waals surface area (Å²) in [6.07, 6.45) is 0. The largest absolute Gasteiger partial charge is 0.350 e. The van der Waals surface area contributed by atoms with E-state index in [0.29, 0.717) is 22.5 Å². The molecule has 0 saturated carbocycles. The van der Waals surface area contributed by atoms with Gasteiger partial charge < -0.3 is 10.6 Å². The highest BCUT2D eigenvalue weighted by Gasteiger charge is 2.22. The summed E-state index contributed by atoms with van der Waals surface area (Å²) < 4.78 is 53.5. The lowest BCUT2D eigenvalue weighted by molar-refractivity contribution is 0.0927. The zero-order valence-corrected chi connectivity index (χ0v) is 24.6. The zero-order chi connectivity index (χ0) is 30.3. The van der Waals surface area contributed by atoms with E-state index in [1.807, 2.05) is 0 Å². The van der Waals surface area contributed by atoms with Crippen LogP contribution in [0, 0.1) is 0 Å². The summed E-state index contributed by atoms with van der Waals surface area (Å²) in [6.45, 7) is 0.315. The fourth-order valence-corrected chi connectivity index (χ4v) is 6.41. The Morgan fingerprint density at radius 2 is 0.833 bits per heavy atom. The summed E-state index contributed by atoms with van der Waals surface area (Å²) in [4.78, 5) is 25.4. The number of sulfonamides is 2. The maximum absolute atomic E-state index is 12.8. The highest BCUT2D eigenvalue weighted by Crippen LogP contribution is 2.23. The average Bonchev–Trinajstić information content (AvgIpc) is 3.03. The molecule has 42 heavy (non-hydrogen) atoms. The van der Waals surface area contributed by atoms with Crippen molar-refractivity contribution in [3.05, 3.63) is 120 Å². The van der Waals surface area contributed by atoms with Crippen molar-refractivity contribution in [2.75, 3.05) is 35.8 Å². The van der Waals surface area contributed by atoms with E-state index in [1.165, 1.54) is 62.6 Å². The number of benzene rings is 4. The quantitative estimate of drug-likeness (QED) is 0.251. The molecule has 4 aromatic carbocycles. The summed E-state index contributed by atoms with van der Waals surface area (Å²) >= 11 is 0. The summed E-state index contributed by atoms with van der Waals surface area (Å²) in [5, 5.41) is 5.42. The first-order valence-electron chi connectivity index (χ1n) is 12.9. The minimum absolute atomic E-state index is 0.157. The maximum atomic E-state index is 12.8. The Morgan fingerprint density at radius 1 is 0.524 bits per heavy atom. The van der Waals surface area contributed by atoms with Crippen molar-refractivity contribution in [2.45, 2.75) is 9.79 Å². The van der Waals surface area contributed by atoms with Crippen LogP contribution in [-0.4, -0.2) is 55.8 Å². The minimum Gasteiger partial charge on any atom is -0.350 e. The van der Waals surface area contributed by atoms with Crippen molar-refractivity contribution < 1.29 is 26.4 Å². The lowest BCUT2D eigenvalue weighted by atomic mass is 10.2. The normalized spacial score (nSPS) is 11.4. The number of nitrogens with zero attached hydrogens (tertiary/aromatic N) is 2. The Balaban J connectivity index is 1.27. The first-order chi connectivity index (χ1) is 20.0. The molecule has 0 aliphatic heterocycles. The van der Waals surface area contributed by atoms with Gasteiger partial charge in [0.15, 0.2) is 0 Å². The molecule has 10 nitrogen and oxygen atoms in total. The topological polar surface area (TPSA) is 133 Å². The van der Waals surface area contributed by atoms with Crippen molar-refractivity contribution in [1.29, 1.82) is 0 Å². The molecular weight excluding hydrogens is 576 g/mol. The van der Waals surface area contributed by atoms with Crippen LogP contribution in [0.1, 0.15) is 20.7 Å². The Hall–Kier alpha value is -4.68. The Labute approximate surface area is 245 Å². The summed E-state index contributed by atoms with van der Waals surface area (Å²) in [6, 6.07) is 28.4. The number of nitrogens with one attached hydrogen (secondary N) is 2. The second kappa shape index (κ2) is 12.9. The molecule has 0 spiro atoms. The van der Waals surface area contributed by atoms with E-state index in [-0.39, 0.29) is 34.7 Å². The average molecular weight is 607 g/mol. The van der Waals surface area contributed by atoms with E-state index in [0.717, 1.165) is 8.61 Å². The van der Waals surface area contributed by atoms with Gasteiger partial charge in [-0.1, -0.05) is 36.4 Å². The maximum Gasteiger partial charge on any atom is 0.264 e. The fraction of sp³-hybridized carbons (Fsp3) is 0.133. The van der Waals surface area contributed by atoms with Gasteiger partial charge in [0.25, 0.3) is 31.9 Å². The van der Waals surface area contributed by atoms with Crippen LogP contribution in [0.3, 0.4) is 0 Å². The molecule has 218 valence electrons. The Bertz CT molecular complexity index is 1610. The van der Waals surface area contributed by atoms with E-state index in [9.17, 15) is 26.4 Å². The highest BCUT2D eigenvalue weighted by atomic mass is 32.2. The molecule has 0 bridgehead atoms. The van der Waals surface area contributed by atoms with E-state index < -0.39 is 20.0 Å². The van der Waals surface area contributed by atoms with Gasteiger partial charge in [-0.05, 0) is 72.8 Å². The third kappa shape index (κ3) is 6.78. The third-order valence-corrected chi connectivity index (χ3v) is 10.1. The van der Waals surface area contributed by atoms with Gasteiger partial charge >= 0.3 is 0 Å². The SMILES string of the molecule is CN(c1ccc(C(=O)NCCNC(=O)c2ccc(N(C)S(=O)(=O)c3ccccc3)cc2)cc1)S(=O)(=O)c1ccccc1. The molecular formula is C30H30N4O6S2. The zero-order valence-electron chi connectivity index (χ0n) is 23.0. The molecule has 2 N–H and O–H groups in total. The van der Waals surface area contributed by atoms with Gasteiger partial charge in [-0.25, -0.2) is 16.8 Å². The number of carbonyl (C=O) groups excluding carboxylic acids is 2. The van der Waals surface area contributed by atoms with Crippen molar-refractivity contribution in [3.8, 4) is 0 Å². The van der Waals surface area contributed by atoms with Gasteiger partial charge in [0.1, 0.15) is 0 Å². The van der Waals surface area contributed by atoms with Gasteiger partial charge in [0.05, 0.1) is 21.2 Å². The molecule has 0 aliphatic rings. The van der Waals surface area contributed by atoms with E-state index in [1.54, 1.807) is 60.7 Å². The number of hydrogen-bond acceptors (Lipinski definition) is 6. The van der Waals surface area contributed by atoms with Crippen LogP contribution in [0.15, 0.2) is 119 Å². The van der Waals surface area contributed by atoms with Crippen LogP contribution in [0.5, 0.6) is 0 Å². The lowest BCUT2D eigenvalue weighted by Gasteiger charge is -2.20. The molecule has 0 aliphatic carbocycles. The van der Waals surface area contributed by atoms with Crippen molar-refractivity contribution >= 4 is 43.2 Å². The van der Waals surface area contributed by atoms with Gasteiger partial charge in [0.2, 0.25) is 0 Å². The van der Waals surface area contributed by atoms with Crippen LogP contribution < -0.4 is 19.2 Å². The number of rotatable bonds is 11. The number of hydrogen-bond donors (Lipinski definition) is 2. The predicted octanol–water partition coefficient (Wildman–Crippen LogP) is 3.50. The molecule has 0 fully saturated rings. The second-order valence-corrected chi connectivity index (χ2v) is 13.1. The standard InChI is InChI=1S/C30H30N4O6S2/c1-33(41(37,38)27-9-5-3-6-10-27)25-17-13-23(14-18-25)29(35)31-21-22-32-30(36)24-15-19-26(20-16-24)34(2)42(39,40)28-11-7-4-8-12-28/h3-20H,21-22H2,1-2H3,(H,31,35)(H,32,36). The molecule has 0 aromatic heterocycles. The predicted molar refractivity (Wildman–Crippen MR) is 162 cm³/mol. The first-order valence-corrected chi connectivity index (χ1v) is 15.7. The summed E-state index contributed by atoms with van der Waals surface area (Å²) in [7, 11) is -4.58. The van der Waals surface area contributed by atoms with Crippen LogP contribution in [-0.2, 0) is 20.0 Å². The summed E-state index contributed by atoms with van der Waals surface area (Å²) in [5.41, 5.74) is 1.47. The fourth-order valence-electron chi connectivity index (χ4n) is 3.98. The van der Waals surface area contributed by atoms with Gasteiger partial charge in [-0.15, -0.1) is 0 Å². The molecule has 4 aromatic rings. The molecule has 0 unspecified atom stereocenters. The molecule has 12 heteroatoms. The molecule has 0 radical (unpaired) electrons. The van der Waals surface area contributed by atoms with E-state index in [4.69, 9.17) is 0 Å². The smallest absolute Gasteiger partial charge is 0.264 e. The monoisotopic (exact) mass is 606 g/mol. The molecule has 0 atom stereocenters. The molecule has 0 heterocycles. The van der Waals surface area contributed by atoms with E-state index >= 15 is 0 Å². The van der Waals surface area contributed by atoms with Crippen molar-refractivity contribution in [1.82, 2.24) is 10.6 Å². The molecule has 2 amide bonds. The number of carbonyl (C=O) groups is 2. The Morgan fingerprint density at radius 3 is 1.14 bits per heavy atom. The van der Waals surface area contributed by atoms with Gasteiger partial charge in [-0.3, -0.25) is 18.2 Å². The molecule has 0 saturated heterocycles. The lowest BCUT2D eigenvalue weighted by Crippen LogP contribution is -2.34. The number of amides is 2. The van der Waals surface area contributed by atoms with Crippen LogP contribution in [0.2, 0.25) is 0 Å². The van der Waals surface area contributed by atoms with Crippen LogP contribution in [0.4, 0.5) is 11.4 Å². The summed E-state index contributed by atoms with van der Waals surface area (Å²) in [5.74, 6) is -0.757. The highest BCUT2D eigenvalue weighted by molar-refractivity contribution is 7.93. The third-order valence-electron chi connectivity index (χ3n) is 6.49. The van der Waals surface area contributed by atoms with Crippen molar-refractivity contribution in [2.24, 2.45) is 0 Å². The first kappa shape index (κ1) is 30.3. The second-order valence-electron chi connectivity index (χ2n) is 9.18. The van der Waals surface area contributed by atoms with E-state index in [2.05, 4.69) is 10.6 Å². The van der Waals surface area contributed by atoms with Gasteiger partial charge in [-0.2, -0.15) is 0 Å². The van der Waals surface area contributed by atoms with Gasteiger partial charge in [0, 0.05) is 38.3 Å². The van der Waals surface area contributed by atoms with Crippen LogP contribution in [0.25, 0.3) is 0 Å². The Kier molecular flexibility index (Phi) is 9.28. The molecule has 4 rings (SSSR count). The van der Waals surface area contributed by atoms with Crippen LogP contribution >= 0.6 is 0 Å². The van der Waals surface area contributed by atoms with Crippen molar-refractivity contribution in [3.63, 3.8) is 0 Å². The minimum atomic E-state index is -3.74.